The molecule has 5 nitrogen and oxygen atoms in total. The summed E-state index contributed by atoms with van der Waals surface area (Å²) in [5, 5.41) is 3.74. The molecule has 0 atom stereocenters. The third kappa shape index (κ3) is 1.53. The molecule has 0 spiro atoms. The summed E-state index contributed by atoms with van der Waals surface area (Å²) in [5.74, 6) is 0.717. The van der Waals surface area contributed by atoms with Crippen molar-refractivity contribution in [1.29, 1.82) is 0 Å². The second kappa shape index (κ2) is 2.93. The van der Waals surface area contributed by atoms with Gasteiger partial charge in [0, 0.05) is 12.1 Å². The van der Waals surface area contributed by atoms with Crippen LogP contribution in [-0.4, -0.2) is 9.90 Å². The first-order valence-electron chi connectivity index (χ1n) is 3.83. The van der Waals surface area contributed by atoms with Crippen molar-refractivity contribution in [2.45, 2.75) is 13.5 Å². The molecule has 2 aromatic rings. The summed E-state index contributed by atoms with van der Waals surface area (Å²) in [6.07, 6.45) is 1.34. The summed E-state index contributed by atoms with van der Waals surface area (Å²) < 4.78 is 11.0. The van der Waals surface area contributed by atoms with Gasteiger partial charge in [0.05, 0.1) is 0 Å². The summed E-state index contributed by atoms with van der Waals surface area (Å²) in [7, 11) is 0. The van der Waals surface area contributed by atoms with Crippen molar-refractivity contribution >= 4 is 0 Å². The Morgan fingerprint density at radius 2 is 2.46 bits per heavy atom. The third-order valence-corrected chi connectivity index (χ3v) is 1.63. The average molecular weight is 180 g/mol. The topological polar surface area (TPSA) is 61.2 Å². The van der Waals surface area contributed by atoms with Crippen LogP contribution in [0.1, 0.15) is 11.5 Å². The molecule has 0 saturated heterocycles. The van der Waals surface area contributed by atoms with Crippen LogP contribution in [0.4, 0.5) is 0 Å². The summed E-state index contributed by atoms with van der Waals surface area (Å²) in [5.41, 5.74) is 0.496. The Bertz CT molecular complexity index is 452. The van der Waals surface area contributed by atoms with E-state index in [0.29, 0.717) is 12.2 Å². The number of hydrogen-bond acceptors (Lipinski definition) is 4. The van der Waals surface area contributed by atoms with E-state index in [1.807, 2.05) is 0 Å². The first-order chi connectivity index (χ1) is 6.25. The van der Waals surface area contributed by atoms with Gasteiger partial charge in [-0.3, -0.25) is 4.79 Å². The second-order valence-corrected chi connectivity index (χ2v) is 2.71. The molecule has 13 heavy (non-hydrogen) atoms. The van der Waals surface area contributed by atoms with Crippen molar-refractivity contribution in [3.63, 3.8) is 0 Å². The van der Waals surface area contributed by atoms with E-state index in [-0.39, 0.29) is 5.56 Å². The Kier molecular flexibility index (Phi) is 1.77. The molecular weight excluding hydrogens is 172 g/mol. The van der Waals surface area contributed by atoms with Crippen molar-refractivity contribution in [1.82, 2.24) is 9.90 Å². The fourth-order valence-electron chi connectivity index (χ4n) is 1.05. The highest BCUT2D eigenvalue weighted by Gasteiger charge is 2.04. The van der Waals surface area contributed by atoms with Crippen LogP contribution in [0.25, 0.3) is 0 Å². The van der Waals surface area contributed by atoms with Crippen molar-refractivity contribution in [2.24, 2.45) is 0 Å². The Morgan fingerprint density at radius 1 is 1.62 bits per heavy atom. The maximum absolute atomic E-state index is 11.0. The quantitative estimate of drug-likeness (QED) is 0.685. The van der Waals surface area contributed by atoms with E-state index in [9.17, 15) is 4.79 Å². The van der Waals surface area contributed by atoms with Gasteiger partial charge in [-0.2, -0.15) is 4.74 Å². The number of rotatable bonds is 2. The molecule has 2 rings (SSSR count). The molecule has 0 aliphatic carbocycles. The Morgan fingerprint density at radius 3 is 3.00 bits per heavy atom. The maximum atomic E-state index is 11.0. The van der Waals surface area contributed by atoms with Crippen molar-refractivity contribution in [2.75, 3.05) is 0 Å². The van der Waals surface area contributed by atoms with Crippen molar-refractivity contribution < 1.29 is 9.05 Å². The molecule has 2 aromatic heterocycles. The minimum absolute atomic E-state index is 0.180. The van der Waals surface area contributed by atoms with Crippen LogP contribution in [0, 0.1) is 6.92 Å². The SMILES string of the molecule is Cc1cc(Cn2occc2=O)no1. The summed E-state index contributed by atoms with van der Waals surface area (Å²) in [4.78, 5) is 11.0. The highest BCUT2D eigenvalue weighted by molar-refractivity contribution is 5.03. The number of aromatic nitrogens is 2. The van der Waals surface area contributed by atoms with Crippen LogP contribution in [0.2, 0.25) is 0 Å². The molecule has 0 amide bonds. The van der Waals surface area contributed by atoms with Crippen LogP contribution < -0.4 is 5.56 Å². The average Bonchev–Trinajstić information content (AvgIpc) is 2.64. The normalized spacial score (nSPS) is 10.5. The predicted molar refractivity (Wildman–Crippen MR) is 43.3 cm³/mol. The van der Waals surface area contributed by atoms with Crippen LogP contribution in [0.5, 0.6) is 0 Å². The van der Waals surface area contributed by atoms with E-state index in [1.165, 1.54) is 17.1 Å². The van der Waals surface area contributed by atoms with Crippen LogP contribution in [0.15, 0.2) is 32.2 Å². The lowest BCUT2D eigenvalue weighted by atomic mass is 10.4. The molecule has 0 bridgehead atoms. The van der Waals surface area contributed by atoms with Gasteiger partial charge in [0.2, 0.25) is 0 Å². The van der Waals surface area contributed by atoms with Crippen molar-refractivity contribution in [3.05, 3.63) is 40.2 Å². The van der Waals surface area contributed by atoms with Gasteiger partial charge in [-0.15, -0.1) is 0 Å². The van der Waals surface area contributed by atoms with E-state index < -0.39 is 0 Å². The number of nitrogens with zero attached hydrogens (tertiary/aromatic N) is 2. The lowest BCUT2D eigenvalue weighted by molar-refractivity contribution is 0.270. The molecule has 0 aliphatic heterocycles. The van der Waals surface area contributed by atoms with Gasteiger partial charge in [0.15, 0.2) is 0 Å². The van der Waals surface area contributed by atoms with E-state index >= 15 is 0 Å². The lowest BCUT2D eigenvalue weighted by Crippen LogP contribution is -2.14. The minimum Gasteiger partial charge on any atom is -0.384 e. The van der Waals surface area contributed by atoms with Crippen LogP contribution in [-0.2, 0) is 6.54 Å². The molecule has 2 heterocycles. The molecule has 0 unspecified atom stereocenters. The monoisotopic (exact) mass is 180 g/mol. The Hall–Kier alpha value is -1.78. The first kappa shape index (κ1) is 7.85. The zero-order chi connectivity index (χ0) is 9.26. The molecule has 0 N–H and O–H groups in total. The molecule has 68 valence electrons. The Labute approximate surface area is 73.5 Å². The fraction of sp³-hybridized carbons (Fsp3) is 0.250. The molecule has 0 fully saturated rings. The largest absolute Gasteiger partial charge is 0.384 e. The highest BCUT2D eigenvalue weighted by atomic mass is 16.5. The van der Waals surface area contributed by atoms with Gasteiger partial charge in [0.25, 0.3) is 5.56 Å². The molecule has 5 heteroatoms. The van der Waals surface area contributed by atoms with Gasteiger partial charge < -0.3 is 9.05 Å². The van der Waals surface area contributed by atoms with Gasteiger partial charge in [-0.1, -0.05) is 5.16 Å². The van der Waals surface area contributed by atoms with Crippen LogP contribution in [0.3, 0.4) is 0 Å². The van der Waals surface area contributed by atoms with Gasteiger partial charge in [0.1, 0.15) is 24.3 Å². The smallest absolute Gasteiger partial charge is 0.282 e. The molecule has 0 aliphatic rings. The third-order valence-electron chi connectivity index (χ3n) is 1.63. The van der Waals surface area contributed by atoms with E-state index in [4.69, 9.17) is 9.05 Å². The fourth-order valence-corrected chi connectivity index (χ4v) is 1.05. The van der Waals surface area contributed by atoms with E-state index in [0.717, 1.165) is 5.76 Å². The molecule has 0 saturated carbocycles. The zero-order valence-electron chi connectivity index (χ0n) is 7.06. The highest BCUT2D eigenvalue weighted by Crippen LogP contribution is 2.02. The standard InChI is InChI=1S/C8H8N2O3/c1-6-4-7(9-13-6)5-10-8(11)2-3-12-10/h2-4H,5H2,1H3. The molecule has 0 radical (unpaired) electrons. The second-order valence-electron chi connectivity index (χ2n) is 2.71. The minimum atomic E-state index is -0.180. The van der Waals surface area contributed by atoms with Crippen LogP contribution >= 0.6 is 0 Å². The summed E-state index contributed by atoms with van der Waals surface area (Å²) >= 11 is 0. The van der Waals surface area contributed by atoms with Gasteiger partial charge in [-0.05, 0) is 6.92 Å². The van der Waals surface area contributed by atoms with E-state index in [1.54, 1.807) is 13.0 Å². The maximum Gasteiger partial charge on any atom is 0.282 e. The number of hydrogen-bond donors (Lipinski definition) is 0. The van der Waals surface area contributed by atoms with Gasteiger partial charge in [-0.25, -0.2) is 0 Å². The van der Waals surface area contributed by atoms with Gasteiger partial charge >= 0.3 is 0 Å². The van der Waals surface area contributed by atoms with E-state index in [2.05, 4.69) is 5.16 Å². The summed E-state index contributed by atoms with van der Waals surface area (Å²) in [6.45, 7) is 2.10. The lowest BCUT2D eigenvalue weighted by Gasteiger charge is -1.92. The number of aryl methyl sites for hydroxylation is 1. The summed E-state index contributed by atoms with van der Waals surface area (Å²) in [6, 6.07) is 3.11. The Balaban J connectivity index is 2.24. The first-order valence-corrected chi connectivity index (χ1v) is 3.83. The zero-order valence-corrected chi connectivity index (χ0v) is 7.06. The molecular formula is C8H8N2O3. The predicted octanol–water partition coefficient (Wildman–Crippen LogP) is 0.786. The van der Waals surface area contributed by atoms with Crippen molar-refractivity contribution in [3.8, 4) is 0 Å². The molecule has 0 aromatic carbocycles.